The lowest BCUT2D eigenvalue weighted by atomic mass is 10.0. The van der Waals surface area contributed by atoms with E-state index in [1.807, 2.05) is 0 Å². The van der Waals surface area contributed by atoms with Gasteiger partial charge in [0, 0.05) is 23.2 Å². The SMILES string of the molecule is CC(C)(C)OC(=O)Nc1cc(CC(=O)c2cccc(Cl)c2)ccn1. The van der Waals surface area contributed by atoms with Crippen LogP contribution in [0.5, 0.6) is 0 Å². The van der Waals surface area contributed by atoms with Crippen molar-refractivity contribution >= 4 is 29.3 Å². The fraction of sp³-hybridized carbons (Fsp3) is 0.278. The molecule has 0 saturated heterocycles. The predicted octanol–water partition coefficient (Wildman–Crippen LogP) is 4.51. The van der Waals surface area contributed by atoms with E-state index in [2.05, 4.69) is 10.3 Å². The molecule has 1 aromatic carbocycles. The molecular formula is C18H19ClN2O3. The molecule has 1 amide bonds. The lowest BCUT2D eigenvalue weighted by Gasteiger charge is -2.19. The molecule has 6 heteroatoms. The number of anilines is 1. The van der Waals surface area contributed by atoms with Crippen LogP contribution in [0, 0.1) is 0 Å². The van der Waals surface area contributed by atoms with Crippen LogP contribution in [0.3, 0.4) is 0 Å². The number of benzene rings is 1. The van der Waals surface area contributed by atoms with Crippen molar-refractivity contribution in [2.45, 2.75) is 32.8 Å². The lowest BCUT2D eigenvalue weighted by Crippen LogP contribution is -2.27. The summed E-state index contributed by atoms with van der Waals surface area (Å²) in [6.45, 7) is 5.33. The first kappa shape index (κ1) is 17.9. The Hall–Kier alpha value is -2.40. The molecule has 2 rings (SSSR count). The smallest absolute Gasteiger partial charge is 0.413 e. The van der Waals surface area contributed by atoms with Crippen LogP contribution < -0.4 is 5.32 Å². The summed E-state index contributed by atoms with van der Waals surface area (Å²) in [5.41, 5.74) is 0.687. The van der Waals surface area contributed by atoms with Crippen LogP contribution >= 0.6 is 11.6 Å². The Morgan fingerprint density at radius 2 is 1.96 bits per heavy atom. The molecule has 0 fully saturated rings. The molecule has 2 aromatic rings. The molecule has 1 aromatic heterocycles. The summed E-state index contributed by atoms with van der Waals surface area (Å²) < 4.78 is 5.17. The van der Waals surface area contributed by atoms with Crippen LogP contribution in [-0.4, -0.2) is 22.5 Å². The van der Waals surface area contributed by atoms with E-state index >= 15 is 0 Å². The third kappa shape index (κ3) is 5.66. The fourth-order valence-corrected chi connectivity index (χ4v) is 2.20. The van der Waals surface area contributed by atoms with E-state index < -0.39 is 11.7 Å². The van der Waals surface area contributed by atoms with Crippen molar-refractivity contribution in [3.05, 3.63) is 58.7 Å². The first-order valence-electron chi connectivity index (χ1n) is 7.47. The van der Waals surface area contributed by atoms with Gasteiger partial charge in [-0.3, -0.25) is 10.1 Å². The van der Waals surface area contributed by atoms with Crippen molar-refractivity contribution in [1.82, 2.24) is 4.98 Å². The number of hydrogen-bond donors (Lipinski definition) is 1. The van der Waals surface area contributed by atoms with E-state index in [1.165, 1.54) is 6.20 Å². The molecule has 126 valence electrons. The van der Waals surface area contributed by atoms with E-state index in [4.69, 9.17) is 16.3 Å². The third-order valence-electron chi connectivity index (χ3n) is 2.96. The van der Waals surface area contributed by atoms with Crippen molar-refractivity contribution in [3.63, 3.8) is 0 Å². The maximum absolute atomic E-state index is 12.3. The molecular weight excluding hydrogens is 328 g/mol. The van der Waals surface area contributed by atoms with Crippen molar-refractivity contribution < 1.29 is 14.3 Å². The zero-order valence-corrected chi connectivity index (χ0v) is 14.6. The minimum absolute atomic E-state index is 0.0630. The number of nitrogens with zero attached hydrogens (tertiary/aromatic N) is 1. The maximum Gasteiger partial charge on any atom is 0.413 e. The number of pyridine rings is 1. The first-order valence-corrected chi connectivity index (χ1v) is 7.84. The summed E-state index contributed by atoms with van der Waals surface area (Å²) in [5.74, 6) is 0.271. The van der Waals surface area contributed by atoms with Gasteiger partial charge in [0.25, 0.3) is 0 Å². The number of hydrogen-bond acceptors (Lipinski definition) is 4. The van der Waals surface area contributed by atoms with E-state index in [-0.39, 0.29) is 12.2 Å². The molecule has 0 saturated carbocycles. The second-order valence-electron chi connectivity index (χ2n) is 6.29. The third-order valence-corrected chi connectivity index (χ3v) is 3.20. The Balaban J connectivity index is 2.05. The molecule has 0 spiro atoms. The molecule has 1 N–H and O–H groups in total. The van der Waals surface area contributed by atoms with E-state index in [0.29, 0.717) is 16.4 Å². The molecule has 0 aliphatic heterocycles. The predicted molar refractivity (Wildman–Crippen MR) is 93.6 cm³/mol. The highest BCUT2D eigenvalue weighted by atomic mass is 35.5. The molecule has 0 aliphatic carbocycles. The quantitative estimate of drug-likeness (QED) is 0.827. The lowest BCUT2D eigenvalue weighted by molar-refractivity contribution is 0.0635. The number of aromatic nitrogens is 1. The van der Waals surface area contributed by atoms with Crippen molar-refractivity contribution in [3.8, 4) is 0 Å². The largest absolute Gasteiger partial charge is 0.444 e. The zero-order valence-electron chi connectivity index (χ0n) is 13.8. The number of nitrogens with one attached hydrogen (secondary N) is 1. The maximum atomic E-state index is 12.3. The van der Waals surface area contributed by atoms with Gasteiger partial charge in [0.15, 0.2) is 5.78 Å². The van der Waals surface area contributed by atoms with Crippen molar-refractivity contribution in [1.29, 1.82) is 0 Å². The summed E-state index contributed by atoms with van der Waals surface area (Å²) >= 11 is 5.90. The summed E-state index contributed by atoms with van der Waals surface area (Å²) in [5, 5.41) is 3.07. The van der Waals surface area contributed by atoms with Gasteiger partial charge in [-0.05, 0) is 50.6 Å². The highest BCUT2D eigenvalue weighted by molar-refractivity contribution is 6.31. The minimum Gasteiger partial charge on any atom is -0.444 e. The van der Waals surface area contributed by atoms with Gasteiger partial charge in [-0.25, -0.2) is 9.78 Å². The van der Waals surface area contributed by atoms with Gasteiger partial charge in [-0.2, -0.15) is 0 Å². The first-order chi connectivity index (χ1) is 11.2. The van der Waals surface area contributed by atoms with E-state index in [9.17, 15) is 9.59 Å². The Morgan fingerprint density at radius 1 is 1.21 bits per heavy atom. The van der Waals surface area contributed by atoms with E-state index in [0.717, 1.165) is 5.56 Å². The molecule has 0 unspecified atom stereocenters. The Bertz CT molecular complexity index is 754. The monoisotopic (exact) mass is 346 g/mol. The number of ether oxygens (including phenoxy) is 1. The van der Waals surface area contributed by atoms with Gasteiger partial charge in [-0.15, -0.1) is 0 Å². The molecule has 0 bridgehead atoms. The molecule has 0 atom stereocenters. The summed E-state index contributed by atoms with van der Waals surface area (Å²) in [7, 11) is 0. The van der Waals surface area contributed by atoms with Gasteiger partial charge in [0.1, 0.15) is 11.4 Å². The van der Waals surface area contributed by atoms with Crippen molar-refractivity contribution in [2.75, 3.05) is 5.32 Å². The van der Waals surface area contributed by atoms with Crippen molar-refractivity contribution in [2.24, 2.45) is 0 Å². The van der Waals surface area contributed by atoms with Crippen LogP contribution in [0.1, 0.15) is 36.7 Å². The van der Waals surface area contributed by atoms with Gasteiger partial charge < -0.3 is 4.74 Å². The average molecular weight is 347 g/mol. The van der Waals surface area contributed by atoms with E-state index in [1.54, 1.807) is 57.2 Å². The van der Waals surface area contributed by atoms with Gasteiger partial charge in [-0.1, -0.05) is 23.7 Å². The number of Topliss-reactive ketones (excluding diaryl/α,β-unsaturated/α-hetero) is 1. The zero-order chi connectivity index (χ0) is 17.7. The molecule has 1 heterocycles. The number of halogens is 1. The second kappa shape index (κ2) is 7.45. The van der Waals surface area contributed by atoms with Crippen LogP contribution in [0.15, 0.2) is 42.6 Å². The number of carbonyl (C=O) groups excluding carboxylic acids is 2. The number of amides is 1. The topological polar surface area (TPSA) is 68.3 Å². The standard InChI is InChI=1S/C18H19ClN2O3/c1-18(2,3)24-17(23)21-16-10-12(7-8-20-16)9-15(22)13-5-4-6-14(19)11-13/h4-8,10-11H,9H2,1-3H3,(H,20,21,23). The highest BCUT2D eigenvalue weighted by Crippen LogP contribution is 2.15. The molecule has 0 radical (unpaired) electrons. The molecule has 24 heavy (non-hydrogen) atoms. The summed E-state index contributed by atoms with van der Waals surface area (Å²) in [6, 6.07) is 10.2. The van der Waals surface area contributed by atoms with Crippen LogP contribution in [-0.2, 0) is 11.2 Å². The second-order valence-corrected chi connectivity index (χ2v) is 6.72. The van der Waals surface area contributed by atoms with Crippen LogP contribution in [0.2, 0.25) is 5.02 Å². The Kier molecular flexibility index (Phi) is 5.57. The van der Waals surface area contributed by atoms with Crippen LogP contribution in [0.25, 0.3) is 0 Å². The number of ketones is 1. The normalized spacial score (nSPS) is 11.0. The molecule has 5 nitrogen and oxygen atoms in total. The highest BCUT2D eigenvalue weighted by Gasteiger charge is 2.17. The Morgan fingerprint density at radius 3 is 2.62 bits per heavy atom. The summed E-state index contributed by atoms with van der Waals surface area (Å²) in [4.78, 5) is 28.1. The van der Waals surface area contributed by atoms with Gasteiger partial charge in [0.2, 0.25) is 0 Å². The summed E-state index contributed by atoms with van der Waals surface area (Å²) in [6.07, 6.45) is 1.13. The Labute approximate surface area is 146 Å². The average Bonchev–Trinajstić information content (AvgIpc) is 2.45. The van der Waals surface area contributed by atoms with Gasteiger partial charge in [0.05, 0.1) is 0 Å². The molecule has 0 aliphatic rings. The minimum atomic E-state index is -0.593. The number of carbonyl (C=O) groups is 2. The number of rotatable bonds is 4. The van der Waals surface area contributed by atoms with Gasteiger partial charge >= 0.3 is 6.09 Å². The fourth-order valence-electron chi connectivity index (χ4n) is 2.01. The van der Waals surface area contributed by atoms with Crippen LogP contribution in [0.4, 0.5) is 10.6 Å².